The molecule has 4 aromatic heterocycles. The Morgan fingerprint density at radius 2 is 1.00 bits per heavy atom. The highest BCUT2D eigenvalue weighted by molar-refractivity contribution is 7.31. The molecule has 42 heavy (non-hydrogen) atoms. The smallest absolute Gasteiger partial charge is 0.155 e. The Morgan fingerprint density at radius 1 is 0.548 bits per heavy atom. The molecule has 0 aliphatic rings. The summed E-state index contributed by atoms with van der Waals surface area (Å²) in [7, 11) is 0. The lowest BCUT2D eigenvalue weighted by Gasteiger charge is -2.17. The predicted molar refractivity (Wildman–Crippen MR) is 193 cm³/mol. The maximum absolute atomic E-state index is 5.17. The molecule has 232 valence electrons. The molecule has 0 fully saturated rings. The minimum absolute atomic E-state index is 0.802. The van der Waals surface area contributed by atoms with Crippen LogP contribution in [0.5, 0.6) is 0 Å². The summed E-state index contributed by atoms with van der Waals surface area (Å²) < 4.78 is 0. The van der Waals surface area contributed by atoms with Crippen LogP contribution in [-0.2, 0) is 12.8 Å². The van der Waals surface area contributed by atoms with Gasteiger partial charge in [0, 0.05) is 0 Å². The van der Waals surface area contributed by atoms with Crippen molar-refractivity contribution < 1.29 is 0 Å². The van der Waals surface area contributed by atoms with Gasteiger partial charge in [-0.1, -0.05) is 153 Å². The molecular weight excluding hydrogens is 589 g/mol. The Kier molecular flexibility index (Phi) is 15.6. The third kappa shape index (κ3) is 10.5. The first kappa shape index (κ1) is 33.8. The van der Waals surface area contributed by atoms with Gasteiger partial charge in [-0.3, -0.25) is 0 Å². The van der Waals surface area contributed by atoms with Crippen LogP contribution in [0.2, 0.25) is 0 Å². The summed E-state index contributed by atoms with van der Waals surface area (Å²) in [6, 6.07) is 4.71. The van der Waals surface area contributed by atoms with Crippen molar-refractivity contribution in [3.63, 3.8) is 0 Å². The fourth-order valence-corrected chi connectivity index (χ4v) is 10.3. The van der Waals surface area contributed by atoms with Crippen molar-refractivity contribution in [3.8, 4) is 19.8 Å². The minimum atomic E-state index is 0.802. The Hall–Kier alpha value is -1.08. The summed E-state index contributed by atoms with van der Waals surface area (Å²) in [5, 5.41) is 6.89. The number of aromatic nitrogens is 2. The van der Waals surface area contributed by atoms with Crippen LogP contribution in [0, 0.1) is 5.92 Å². The number of thiophene rings is 2. The lowest BCUT2D eigenvalue weighted by atomic mass is 9.89. The van der Waals surface area contributed by atoms with Gasteiger partial charge in [0.25, 0.3) is 0 Å². The first-order chi connectivity index (χ1) is 20.7. The normalized spacial score (nSPS) is 12.5. The molecule has 0 aliphatic carbocycles. The van der Waals surface area contributed by atoms with Crippen LogP contribution < -0.4 is 0 Å². The van der Waals surface area contributed by atoms with E-state index in [9.17, 15) is 0 Å². The zero-order chi connectivity index (χ0) is 29.4. The third-order valence-electron chi connectivity index (χ3n) is 8.60. The van der Waals surface area contributed by atoms with Gasteiger partial charge >= 0.3 is 0 Å². The number of hydrogen-bond donors (Lipinski definition) is 0. The molecule has 0 spiro atoms. The highest BCUT2D eigenvalue weighted by atomic mass is 32.1. The second kappa shape index (κ2) is 19.3. The van der Waals surface area contributed by atoms with Crippen molar-refractivity contribution in [2.24, 2.45) is 5.92 Å². The average molecular weight is 643 g/mol. The monoisotopic (exact) mass is 642 g/mol. The van der Waals surface area contributed by atoms with Crippen molar-refractivity contribution in [2.75, 3.05) is 0 Å². The van der Waals surface area contributed by atoms with E-state index in [1.807, 2.05) is 22.7 Å². The molecule has 0 N–H and O–H groups in total. The molecule has 0 bridgehead atoms. The topological polar surface area (TPSA) is 25.8 Å². The van der Waals surface area contributed by atoms with E-state index < -0.39 is 0 Å². The average Bonchev–Trinajstić information content (AvgIpc) is 3.78. The lowest BCUT2D eigenvalue weighted by molar-refractivity contribution is 0.403. The fourth-order valence-electron chi connectivity index (χ4n) is 6.07. The molecule has 0 radical (unpaired) electrons. The highest BCUT2D eigenvalue weighted by Crippen LogP contribution is 2.42. The van der Waals surface area contributed by atoms with Crippen molar-refractivity contribution in [3.05, 3.63) is 34.0 Å². The molecule has 0 saturated heterocycles. The second-order valence-electron chi connectivity index (χ2n) is 12.2. The van der Waals surface area contributed by atoms with E-state index in [0.29, 0.717) is 0 Å². The number of nitrogens with zero attached hydrogens (tertiary/aromatic N) is 2. The van der Waals surface area contributed by atoms with Crippen molar-refractivity contribution >= 4 is 55.0 Å². The Labute approximate surface area is 272 Å². The summed E-state index contributed by atoms with van der Waals surface area (Å²) in [5.74, 6) is 0.802. The van der Waals surface area contributed by atoms with E-state index in [4.69, 9.17) is 9.97 Å². The van der Waals surface area contributed by atoms with Crippen LogP contribution in [0.3, 0.4) is 0 Å². The van der Waals surface area contributed by atoms with Gasteiger partial charge in [0.2, 0.25) is 0 Å². The predicted octanol–water partition coefficient (Wildman–Crippen LogP) is 14.0. The number of thiazole rings is 2. The zero-order valence-electron chi connectivity index (χ0n) is 26.6. The molecule has 2 nitrogen and oxygen atoms in total. The number of aryl methyl sites for hydroxylation is 1. The van der Waals surface area contributed by atoms with E-state index in [1.165, 1.54) is 159 Å². The van der Waals surface area contributed by atoms with E-state index in [1.54, 1.807) is 22.7 Å². The summed E-state index contributed by atoms with van der Waals surface area (Å²) in [6.07, 6.45) is 27.1. The molecule has 4 heterocycles. The van der Waals surface area contributed by atoms with Crippen LogP contribution in [0.1, 0.15) is 147 Å². The first-order valence-electron chi connectivity index (χ1n) is 17.1. The second-order valence-corrected chi connectivity index (χ2v) is 16.0. The van der Waals surface area contributed by atoms with Crippen molar-refractivity contribution in [2.45, 2.75) is 149 Å². The maximum Gasteiger partial charge on any atom is 0.155 e. The van der Waals surface area contributed by atoms with E-state index in [2.05, 4.69) is 43.7 Å². The van der Waals surface area contributed by atoms with Gasteiger partial charge in [-0.05, 0) is 59.2 Å². The van der Waals surface area contributed by atoms with Gasteiger partial charge < -0.3 is 0 Å². The molecule has 0 aromatic carbocycles. The van der Waals surface area contributed by atoms with Gasteiger partial charge in [-0.2, -0.15) is 0 Å². The van der Waals surface area contributed by atoms with Gasteiger partial charge in [0.1, 0.15) is 10.0 Å². The van der Waals surface area contributed by atoms with Crippen LogP contribution >= 0.6 is 45.3 Å². The number of rotatable bonds is 23. The van der Waals surface area contributed by atoms with Gasteiger partial charge in [0.15, 0.2) is 9.66 Å². The SMILES string of the molecule is CCCCCCCCc1ccsc1-c1nc2sc(-c3sccc3CC(CCCCCC)CCCCCCCC)nc2s1. The van der Waals surface area contributed by atoms with Gasteiger partial charge in [-0.15, -0.1) is 22.7 Å². The highest BCUT2D eigenvalue weighted by Gasteiger charge is 2.20. The molecule has 4 rings (SSSR count). The van der Waals surface area contributed by atoms with Gasteiger partial charge in [-0.25, -0.2) is 9.97 Å². The van der Waals surface area contributed by atoms with E-state index in [-0.39, 0.29) is 0 Å². The van der Waals surface area contributed by atoms with Crippen LogP contribution in [0.25, 0.3) is 29.4 Å². The quantitative estimate of drug-likeness (QED) is 0.0752. The molecule has 0 aliphatic heterocycles. The van der Waals surface area contributed by atoms with Gasteiger partial charge in [0.05, 0.1) is 9.75 Å². The summed E-state index contributed by atoms with van der Waals surface area (Å²) in [5.41, 5.74) is 3.00. The molecule has 4 aromatic rings. The molecule has 6 heteroatoms. The number of unbranched alkanes of at least 4 members (excludes halogenated alkanes) is 13. The molecule has 1 atom stereocenters. The Balaban J connectivity index is 1.38. The Morgan fingerprint density at radius 3 is 1.57 bits per heavy atom. The summed E-state index contributed by atoms with van der Waals surface area (Å²) >= 11 is 7.33. The fraction of sp³-hybridized carbons (Fsp3) is 0.667. The standard InChI is InChI=1S/C36H54N2S4/c1-4-7-10-13-15-18-21-28(20-17-12-9-6-3)27-30-24-26-40-32(30)34-38-36-35(42-34)37-33(41-36)31-29(23-25-39-31)22-19-16-14-11-8-5-2/h23-26,28H,4-22,27H2,1-3H3. The van der Waals surface area contributed by atoms with Crippen LogP contribution in [0.15, 0.2) is 22.9 Å². The first-order valence-corrected chi connectivity index (χ1v) is 20.5. The number of hydrogen-bond acceptors (Lipinski definition) is 6. The number of fused-ring (bicyclic) bond motifs is 1. The van der Waals surface area contributed by atoms with Crippen LogP contribution in [-0.4, -0.2) is 9.97 Å². The Bertz CT molecular complexity index is 1230. The van der Waals surface area contributed by atoms with Crippen molar-refractivity contribution in [1.29, 1.82) is 0 Å². The molecular formula is C36H54N2S4. The third-order valence-corrected chi connectivity index (χ3v) is 12.8. The molecule has 0 saturated carbocycles. The zero-order valence-corrected chi connectivity index (χ0v) is 29.8. The largest absolute Gasteiger partial charge is 0.222 e. The van der Waals surface area contributed by atoms with Crippen molar-refractivity contribution in [1.82, 2.24) is 9.97 Å². The lowest BCUT2D eigenvalue weighted by Crippen LogP contribution is -2.05. The minimum Gasteiger partial charge on any atom is -0.222 e. The molecule has 1 unspecified atom stereocenters. The summed E-state index contributed by atoms with van der Waals surface area (Å²) in [6.45, 7) is 6.92. The molecule has 0 amide bonds. The van der Waals surface area contributed by atoms with E-state index >= 15 is 0 Å². The maximum atomic E-state index is 5.17. The van der Waals surface area contributed by atoms with E-state index in [0.717, 1.165) is 15.6 Å². The van der Waals surface area contributed by atoms with Crippen LogP contribution in [0.4, 0.5) is 0 Å². The summed E-state index contributed by atoms with van der Waals surface area (Å²) in [4.78, 5) is 15.3.